The van der Waals surface area contributed by atoms with E-state index in [1.807, 2.05) is 0 Å². The largest absolute Gasteiger partial charge is 0.383 e. The van der Waals surface area contributed by atoms with E-state index >= 15 is 0 Å². The van der Waals surface area contributed by atoms with E-state index in [1.165, 1.54) is 26.3 Å². The highest BCUT2D eigenvalue weighted by molar-refractivity contribution is 7.89. The Morgan fingerprint density at radius 3 is 2.60 bits per heavy atom. The number of fused-ring (bicyclic) bond motifs is 1. The molecule has 9 heteroatoms. The molecule has 1 aromatic heterocycles. The van der Waals surface area contributed by atoms with Crippen molar-refractivity contribution in [1.82, 2.24) is 19.0 Å². The molecule has 1 amide bonds. The van der Waals surface area contributed by atoms with E-state index < -0.39 is 16.1 Å². The molecule has 2 aliphatic rings. The second-order valence-electron chi connectivity index (χ2n) is 5.30. The first-order valence-electron chi connectivity index (χ1n) is 6.26. The number of sulfonamides is 1. The summed E-state index contributed by atoms with van der Waals surface area (Å²) in [4.78, 5) is 13.2. The summed E-state index contributed by atoms with van der Waals surface area (Å²) in [5.41, 5.74) is 0. The number of aryl methyl sites for hydroxylation is 1. The van der Waals surface area contributed by atoms with Crippen molar-refractivity contribution in [2.75, 3.05) is 20.1 Å². The number of amides is 1. The average molecular weight is 300 g/mol. The fourth-order valence-electron chi connectivity index (χ4n) is 2.93. The molecule has 20 heavy (non-hydrogen) atoms. The van der Waals surface area contributed by atoms with Gasteiger partial charge in [-0.3, -0.25) is 9.48 Å². The Bertz CT molecular complexity index is 635. The molecular weight excluding hydrogens is 284 g/mol. The van der Waals surface area contributed by atoms with Gasteiger partial charge in [0, 0.05) is 39.3 Å². The molecule has 2 aliphatic heterocycles. The number of nitrogens with zero attached hydrogens (tertiary/aromatic N) is 4. The topological polar surface area (TPSA) is 95.7 Å². The Labute approximate surface area is 116 Å². The van der Waals surface area contributed by atoms with Crippen LogP contribution in [0.3, 0.4) is 0 Å². The summed E-state index contributed by atoms with van der Waals surface area (Å²) in [5, 5.41) is 13.7. The van der Waals surface area contributed by atoms with Crippen molar-refractivity contribution < 1.29 is 18.3 Å². The van der Waals surface area contributed by atoms with Gasteiger partial charge in [0.15, 0.2) is 0 Å². The second kappa shape index (κ2) is 4.27. The Hall–Kier alpha value is -1.45. The fraction of sp³-hybridized carbons (Fsp3) is 0.636. The molecule has 0 spiro atoms. The third-order valence-electron chi connectivity index (χ3n) is 4.12. The van der Waals surface area contributed by atoms with E-state index in [-0.39, 0.29) is 35.9 Å². The summed E-state index contributed by atoms with van der Waals surface area (Å²) >= 11 is 0. The summed E-state index contributed by atoms with van der Waals surface area (Å²) in [5.74, 6) is -0.697. The fourth-order valence-corrected chi connectivity index (χ4v) is 4.41. The Balaban J connectivity index is 1.87. The lowest BCUT2D eigenvalue weighted by Gasteiger charge is -2.20. The molecule has 2 saturated heterocycles. The SMILES string of the molecule is CN1C(=O)[C@@H](O)[C@H]2CN(S(=O)(=O)c3cnn(C)c3)C[C@H]21. The van der Waals surface area contributed by atoms with Crippen LogP contribution in [0.2, 0.25) is 0 Å². The van der Waals surface area contributed by atoms with Gasteiger partial charge in [0.05, 0.1) is 12.2 Å². The molecule has 0 aromatic carbocycles. The van der Waals surface area contributed by atoms with Crippen molar-refractivity contribution >= 4 is 15.9 Å². The van der Waals surface area contributed by atoms with Crippen LogP contribution in [0.15, 0.2) is 17.3 Å². The van der Waals surface area contributed by atoms with Crippen LogP contribution in [-0.2, 0) is 21.9 Å². The lowest BCUT2D eigenvalue weighted by molar-refractivity contribution is -0.134. The van der Waals surface area contributed by atoms with Crippen LogP contribution in [-0.4, -0.2) is 70.7 Å². The maximum atomic E-state index is 12.5. The van der Waals surface area contributed by atoms with Crippen LogP contribution in [0.25, 0.3) is 0 Å². The molecule has 3 atom stereocenters. The quantitative estimate of drug-likeness (QED) is 0.698. The number of hydrogen-bond acceptors (Lipinski definition) is 5. The van der Waals surface area contributed by atoms with Gasteiger partial charge >= 0.3 is 0 Å². The van der Waals surface area contributed by atoms with Crippen molar-refractivity contribution in [3.63, 3.8) is 0 Å². The number of likely N-dealkylation sites (N-methyl/N-ethyl adjacent to an activating group) is 1. The van der Waals surface area contributed by atoms with Gasteiger partial charge < -0.3 is 10.0 Å². The molecule has 0 bridgehead atoms. The van der Waals surface area contributed by atoms with Crippen LogP contribution < -0.4 is 0 Å². The minimum atomic E-state index is -3.62. The third-order valence-corrected chi connectivity index (χ3v) is 5.91. The van der Waals surface area contributed by atoms with Gasteiger partial charge in [-0.15, -0.1) is 0 Å². The van der Waals surface area contributed by atoms with E-state index in [1.54, 1.807) is 14.1 Å². The number of aliphatic hydroxyl groups is 1. The number of rotatable bonds is 2. The van der Waals surface area contributed by atoms with Crippen LogP contribution in [0, 0.1) is 5.92 Å². The van der Waals surface area contributed by atoms with Crippen molar-refractivity contribution in [2.24, 2.45) is 13.0 Å². The zero-order valence-electron chi connectivity index (χ0n) is 11.2. The van der Waals surface area contributed by atoms with Gasteiger partial charge in [0.25, 0.3) is 5.91 Å². The minimum absolute atomic E-state index is 0.128. The molecule has 0 saturated carbocycles. The number of likely N-dealkylation sites (tertiary alicyclic amines) is 1. The highest BCUT2D eigenvalue weighted by Crippen LogP contribution is 2.34. The van der Waals surface area contributed by atoms with Crippen LogP contribution in [0.4, 0.5) is 0 Å². The van der Waals surface area contributed by atoms with Gasteiger partial charge in [-0.05, 0) is 0 Å². The molecular formula is C11H16N4O4S. The molecule has 0 unspecified atom stereocenters. The van der Waals surface area contributed by atoms with Gasteiger partial charge in [-0.1, -0.05) is 0 Å². The van der Waals surface area contributed by atoms with E-state index in [0.29, 0.717) is 0 Å². The van der Waals surface area contributed by atoms with Gasteiger partial charge in [-0.2, -0.15) is 9.40 Å². The van der Waals surface area contributed by atoms with Gasteiger partial charge in [-0.25, -0.2) is 8.42 Å². The summed E-state index contributed by atoms with van der Waals surface area (Å²) in [6, 6.07) is -0.260. The summed E-state index contributed by atoms with van der Waals surface area (Å²) in [7, 11) is -0.383. The number of carbonyl (C=O) groups excluding carboxylic acids is 1. The molecule has 0 aliphatic carbocycles. The lowest BCUT2D eigenvalue weighted by atomic mass is 10.0. The monoisotopic (exact) mass is 300 g/mol. The molecule has 1 aromatic rings. The molecule has 3 heterocycles. The molecule has 2 fully saturated rings. The predicted molar refractivity (Wildman–Crippen MR) is 68.0 cm³/mol. The molecule has 3 rings (SSSR count). The van der Waals surface area contributed by atoms with E-state index in [0.717, 1.165) is 0 Å². The zero-order chi connectivity index (χ0) is 14.7. The molecule has 0 radical (unpaired) electrons. The Morgan fingerprint density at radius 1 is 1.35 bits per heavy atom. The summed E-state index contributed by atoms with van der Waals surface area (Å²) in [6.45, 7) is 0.361. The van der Waals surface area contributed by atoms with E-state index in [2.05, 4.69) is 5.10 Å². The van der Waals surface area contributed by atoms with Crippen molar-refractivity contribution in [1.29, 1.82) is 0 Å². The van der Waals surface area contributed by atoms with Gasteiger partial charge in [0.2, 0.25) is 10.0 Å². The number of hydrogen-bond donors (Lipinski definition) is 1. The zero-order valence-corrected chi connectivity index (χ0v) is 12.0. The van der Waals surface area contributed by atoms with Crippen molar-refractivity contribution in [2.45, 2.75) is 17.0 Å². The molecule has 8 nitrogen and oxygen atoms in total. The maximum Gasteiger partial charge on any atom is 0.251 e. The number of aliphatic hydroxyl groups excluding tert-OH is 1. The van der Waals surface area contributed by atoms with Crippen LogP contribution >= 0.6 is 0 Å². The normalized spacial score (nSPS) is 31.1. The van der Waals surface area contributed by atoms with Crippen LogP contribution in [0.5, 0.6) is 0 Å². The first-order valence-corrected chi connectivity index (χ1v) is 7.70. The van der Waals surface area contributed by atoms with E-state index in [4.69, 9.17) is 0 Å². The molecule has 110 valence electrons. The lowest BCUT2D eigenvalue weighted by Crippen LogP contribution is -2.38. The summed E-state index contributed by atoms with van der Waals surface area (Å²) < 4.78 is 27.7. The van der Waals surface area contributed by atoms with Crippen LogP contribution in [0.1, 0.15) is 0 Å². The first kappa shape index (κ1) is 13.5. The second-order valence-corrected chi connectivity index (χ2v) is 7.23. The Morgan fingerprint density at radius 2 is 2.05 bits per heavy atom. The van der Waals surface area contributed by atoms with Crippen molar-refractivity contribution in [3.05, 3.63) is 12.4 Å². The van der Waals surface area contributed by atoms with Gasteiger partial charge in [0.1, 0.15) is 11.0 Å². The smallest absolute Gasteiger partial charge is 0.251 e. The maximum absolute atomic E-state index is 12.5. The van der Waals surface area contributed by atoms with E-state index in [9.17, 15) is 18.3 Å². The minimum Gasteiger partial charge on any atom is -0.383 e. The standard InChI is InChI=1S/C11H16N4O4S/c1-13-4-7(3-12-13)20(18,19)15-5-8-9(6-15)14(2)11(17)10(8)16/h3-4,8-10,16H,5-6H2,1-2H3/t8-,9+,10-/m0/s1. The number of aromatic nitrogens is 2. The summed E-state index contributed by atoms with van der Waals surface area (Å²) in [6.07, 6.45) is 1.63. The number of carbonyl (C=O) groups is 1. The highest BCUT2D eigenvalue weighted by Gasteiger charge is 2.52. The molecule has 1 N–H and O–H groups in total. The third kappa shape index (κ3) is 1.77. The van der Waals surface area contributed by atoms with Crippen molar-refractivity contribution in [3.8, 4) is 0 Å². The highest BCUT2D eigenvalue weighted by atomic mass is 32.2. The Kier molecular flexibility index (Phi) is 2.89. The average Bonchev–Trinajstić information content (AvgIpc) is 3.06. The predicted octanol–water partition coefficient (Wildman–Crippen LogP) is -1.76. The first-order chi connectivity index (χ1) is 9.32.